The zero-order valence-electron chi connectivity index (χ0n) is 12.4. The Morgan fingerprint density at radius 3 is 1.61 bits per heavy atom. The third-order valence-electron chi connectivity index (χ3n) is 5.25. The second kappa shape index (κ2) is 5.91. The third kappa shape index (κ3) is 2.48. The molecule has 0 amide bonds. The predicted octanol–water partition coefficient (Wildman–Crippen LogP) is 5.74. The summed E-state index contributed by atoms with van der Waals surface area (Å²) in [4.78, 5) is 0. The van der Waals surface area contributed by atoms with Crippen molar-refractivity contribution < 1.29 is 0 Å². The Morgan fingerprint density at radius 1 is 0.889 bits per heavy atom. The Morgan fingerprint density at radius 2 is 1.28 bits per heavy atom. The molecular weight excluding hydrogens is 216 g/mol. The molecule has 0 aromatic heterocycles. The van der Waals surface area contributed by atoms with Gasteiger partial charge in [-0.15, -0.1) is 0 Å². The van der Waals surface area contributed by atoms with E-state index >= 15 is 0 Å². The molecular formula is C18H28. The van der Waals surface area contributed by atoms with Gasteiger partial charge in [0.2, 0.25) is 0 Å². The number of fused-ring (bicyclic) bond motifs is 1. The Bertz CT molecular complexity index is 342. The summed E-state index contributed by atoms with van der Waals surface area (Å²) in [7, 11) is 0. The van der Waals surface area contributed by atoms with Crippen molar-refractivity contribution in [3.05, 3.63) is 35.4 Å². The molecule has 0 N–H and O–H groups in total. The van der Waals surface area contributed by atoms with Crippen molar-refractivity contribution in [1.82, 2.24) is 0 Å². The molecule has 0 heterocycles. The first-order chi connectivity index (χ1) is 8.69. The summed E-state index contributed by atoms with van der Waals surface area (Å²) in [6.45, 7) is 9.50. The van der Waals surface area contributed by atoms with Crippen molar-refractivity contribution in [3.63, 3.8) is 0 Å². The van der Waals surface area contributed by atoms with E-state index in [9.17, 15) is 0 Å². The van der Waals surface area contributed by atoms with Crippen molar-refractivity contribution in [1.29, 1.82) is 0 Å². The molecule has 0 fully saturated rings. The van der Waals surface area contributed by atoms with Crippen molar-refractivity contribution in [2.45, 2.75) is 65.2 Å². The van der Waals surface area contributed by atoms with Crippen LogP contribution in [0, 0.1) is 11.8 Å². The van der Waals surface area contributed by atoms with Crippen LogP contribution in [0.4, 0.5) is 0 Å². The summed E-state index contributed by atoms with van der Waals surface area (Å²) in [6.07, 6.45) is 5.38. The topological polar surface area (TPSA) is 0 Å². The Kier molecular flexibility index (Phi) is 4.48. The van der Waals surface area contributed by atoms with Gasteiger partial charge in [0.25, 0.3) is 0 Å². The minimum atomic E-state index is 0.798. The first-order valence-electron chi connectivity index (χ1n) is 7.77. The summed E-state index contributed by atoms with van der Waals surface area (Å²) in [5.74, 6) is 3.24. The second-order valence-corrected chi connectivity index (χ2v) is 6.19. The van der Waals surface area contributed by atoms with Crippen LogP contribution in [0.15, 0.2) is 24.3 Å². The maximum absolute atomic E-state index is 2.42. The van der Waals surface area contributed by atoms with Crippen LogP contribution < -0.4 is 0 Å². The zero-order valence-corrected chi connectivity index (χ0v) is 12.4. The van der Waals surface area contributed by atoms with Gasteiger partial charge >= 0.3 is 0 Å². The van der Waals surface area contributed by atoms with Crippen LogP contribution in [-0.4, -0.2) is 0 Å². The molecule has 0 radical (unpaired) electrons. The van der Waals surface area contributed by atoms with E-state index in [-0.39, 0.29) is 0 Å². The van der Waals surface area contributed by atoms with Crippen LogP contribution in [-0.2, 0) is 0 Å². The lowest BCUT2D eigenvalue weighted by Crippen LogP contribution is -2.22. The highest BCUT2D eigenvalue weighted by Crippen LogP contribution is 2.46. The highest BCUT2D eigenvalue weighted by atomic mass is 14.4. The normalized spacial score (nSPS) is 26.4. The molecule has 18 heavy (non-hydrogen) atoms. The number of benzene rings is 1. The minimum Gasteiger partial charge on any atom is -0.0651 e. The second-order valence-electron chi connectivity index (χ2n) is 6.19. The van der Waals surface area contributed by atoms with Gasteiger partial charge in [-0.1, -0.05) is 64.8 Å². The zero-order chi connectivity index (χ0) is 13.1. The van der Waals surface area contributed by atoms with Crippen LogP contribution in [0.2, 0.25) is 0 Å². The number of rotatable bonds is 4. The molecule has 0 saturated carbocycles. The van der Waals surface area contributed by atoms with Gasteiger partial charge in [-0.25, -0.2) is 0 Å². The van der Waals surface area contributed by atoms with Crippen LogP contribution >= 0.6 is 0 Å². The summed E-state index contributed by atoms with van der Waals surface area (Å²) in [6, 6.07) is 9.24. The van der Waals surface area contributed by atoms with E-state index in [1.165, 1.54) is 25.7 Å². The maximum Gasteiger partial charge on any atom is -0.0133 e. The predicted molar refractivity (Wildman–Crippen MR) is 80.1 cm³/mol. The molecule has 0 saturated heterocycles. The van der Waals surface area contributed by atoms with Gasteiger partial charge in [-0.3, -0.25) is 0 Å². The number of hydrogen-bond donors (Lipinski definition) is 0. The molecule has 0 aliphatic heterocycles. The molecule has 2 rings (SSSR count). The Labute approximate surface area is 113 Å². The van der Waals surface area contributed by atoms with E-state index in [4.69, 9.17) is 0 Å². The molecule has 1 aromatic rings. The Hall–Kier alpha value is -0.780. The average molecular weight is 244 g/mol. The fourth-order valence-corrected chi connectivity index (χ4v) is 3.61. The van der Waals surface area contributed by atoms with E-state index in [1.807, 2.05) is 0 Å². The Balaban J connectivity index is 2.34. The molecule has 0 nitrogen and oxygen atoms in total. The highest BCUT2D eigenvalue weighted by Gasteiger charge is 2.31. The smallest absolute Gasteiger partial charge is 0.0133 e. The molecule has 1 aliphatic carbocycles. The molecule has 1 aliphatic rings. The average Bonchev–Trinajstić information content (AvgIpc) is 2.44. The van der Waals surface area contributed by atoms with Gasteiger partial charge in [0.1, 0.15) is 0 Å². The fourth-order valence-electron chi connectivity index (χ4n) is 3.61. The first kappa shape index (κ1) is 13.6. The van der Waals surface area contributed by atoms with E-state index in [0.717, 1.165) is 23.7 Å². The molecule has 1 aromatic carbocycles. The van der Waals surface area contributed by atoms with Gasteiger partial charge in [-0.2, -0.15) is 0 Å². The maximum atomic E-state index is 2.42. The standard InChI is InChI=1S/C18H28/c1-5-13(3)15-11-12-16(14(4)6-2)18-10-8-7-9-17(15)18/h7-10,13-16H,5-6,11-12H2,1-4H3. The fraction of sp³-hybridized carbons (Fsp3) is 0.667. The quantitative estimate of drug-likeness (QED) is 0.633. The SMILES string of the molecule is CCC(C)C1CCC(C(C)CC)c2ccccc21. The number of hydrogen-bond acceptors (Lipinski definition) is 0. The van der Waals surface area contributed by atoms with E-state index in [1.54, 1.807) is 11.1 Å². The van der Waals surface area contributed by atoms with Gasteiger partial charge in [0, 0.05) is 0 Å². The van der Waals surface area contributed by atoms with Crippen LogP contribution in [0.5, 0.6) is 0 Å². The van der Waals surface area contributed by atoms with Crippen molar-refractivity contribution in [2.24, 2.45) is 11.8 Å². The molecule has 100 valence electrons. The first-order valence-corrected chi connectivity index (χ1v) is 7.77. The van der Waals surface area contributed by atoms with E-state index in [2.05, 4.69) is 52.0 Å². The summed E-state index contributed by atoms with van der Waals surface area (Å²) >= 11 is 0. The van der Waals surface area contributed by atoms with Gasteiger partial charge in [0.15, 0.2) is 0 Å². The summed E-state index contributed by atoms with van der Waals surface area (Å²) in [5.41, 5.74) is 3.31. The summed E-state index contributed by atoms with van der Waals surface area (Å²) in [5, 5.41) is 0. The van der Waals surface area contributed by atoms with Gasteiger partial charge < -0.3 is 0 Å². The lowest BCUT2D eigenvalue weighted by Gasteiger charge is -2.37. The van der Waals surface area contributed by atoms with Crippen molar-refractivity contribution in [3.8, 4) is 0 Å². The van der Waals surface area contributed by atoms with Gasteiger partial charge in [0.05, 0.1) is 0 Å². The molecule has 0 spiro atoms. The molecule has 4 unspecified atom stereocenters. The van der Waals surface area contributed by atoms with Crippen LogP contribution in [0.1, 0.15) is 76.3 Å². The highest BCUT2D eigenvalue weighted by molar-refractivity contribution is 5.36. The van der Waals surface area contributed by atoms with E-state index in [0.29, 0.717) is 0 Å². The molecule has 0 heteroatoms. The van der Waals surface area contributed by atoms with Crippen molar-refractivity contribution >= 4 is 0 Å². The minimum absolute atomic E-state index is 0.798. The molecule has 0 bridgehead atoms. The lowest BCUT2D eigenvalue weighted by atomic mass is 9.68. The molecule has 4 atom stereocenters. The largest absolute Gasteiger partial charge is 0.0651 e. The van der Waals surface area contributed by atoms with Crippen LogP contribution in [0.25, 0.3) is 0 Å². The summed E-state index contributed by atoms with van der Waals surface area (Å²) < 4.78 is 0. The monoisotopic (exact) mass is 244 g/mol. The van der Waals surface area contributed by atoms with Crippen molar-refractivity contribution in [2.75, 3.05) is 0 Å². The third-order valence-corrected chi connectivity index (χ3v) is 5.25. The van der Waals surface area contributed by atoms with E-state index < -0.39 is 0 Å². The van der Waals surface area contributed by atoms with Crippen LogP contribution in [0.3, 0.4) is 0 Å². The lowest BCUT2D eigenvalue weighted by molar-refractivity contribution is 0.326. The van der Waals surface area contributed by atoms with Gasteiger partial charge in [-0.05, 0) is 47.6 Å².